The van der Waals surface area contributed by atoms with Gasteiger partial charge in [-0.05, 0) is 45.7 Å². The van der Waals surface area contributed by atoms with E-state index >= 15 is 8.78 Å². The second-order valence-electron chi connectivity index (χ2n) is 11.7. The van der Waals surface area contributed by atoms with Gasteiger partial charge in [-0.15, -0.1) is 10.2 Å². The summed E-state index contributed by atoms with van der Waals surface area (Å²) in [6.45, 7) is 4.62. The number of rotatable bonds is 4. The third-order valence-corrected chi connectivity index (χ3v) is 8.33. The monoisotopic (exact) mass is 610 g/mol. The van der Waals surface area contributed by atoms with Gasteiger partial charge in [0.2, 0.25) is 11.8 Å². The summed E-state index contributed by atoms with van der Waals surface area (Å²) in [4.78, 5) is 28.1. The van der Waals surface area contributed by atoms with E-state index in [1.807, 2.05) is 0 Å². The fourth-order valence-corrected chi connectivity index (χ4v) is 5.61. The van der Waals surface area contributed by atoms with Crippen molar-refractivity contribution >= 4 is 35.2 Å². The molecule has 218 valence electrons. The highest BCUT2D eigenvalue weighted by Gasteiger charge is 2.71. The van der Waals surface area contributed by atoms with E-state index in [1.54, 1.807) is 20.8 Å². The molecule has 1 saturated carbocycles. The minimum Gasteiger partial charge on any atom is -0.444 e. The summed E-state index contributed by atoms with van der Waals surface area (Å²) in [6.07, 6.45) is -5.96. The van der Waals surface area contributed by atoms with Crippen LogP contribution in [0.4, 0.5) is 26.7 Å². The molecule has 0 bridgehead atoms. The third-order valence-electron chi connectivity index (χ3n) is 7.59. The lowest BCUT2D eigenvalue weighted by Gasteiger charge is -2.51. The number of benzene rings is 1. The minimum atomic E-state index is -4.68. The van der Waals surface area contributed by atoms with Crippen LogP contribution in [0.5, 0.6) is 0 Å². The highest BCUT2D eigenvalue weighted by atomic mass is 35.5. The maximum absolute atomic E-state index is 15.3. The molecular formula is C25H25Cl2F5N4O4. The van der Waals surface area contributed by atoms with Gasteiger partial charge in [-0.3, -0.25) is 4.79 Å². The Morgan fingerprint density at radius 2 is 1.62 bits per heavy atom. The first kappa shape index (κ1) is 28.8. The first-order valence-corrected chi connectivity index (χ1v) is 13.2. The van der Waals surface area contributed by atoms with Crippen LogP contribution in [0.25, 0.3) is 0 Å². The molecule has 1 atom stereocenters. The normalized spacial score (nSPS) is 21.9. The summed E-state index contributed by atoms with van der Waals surface area (Å²) in [5.41, 5.74) is -4.77. The van der Waals surface area contributed by atoms with Crippen LogP contribution in [0.1, 0.15) is 56.9 Å². The van der Waals surface area contributed by atoms with Gasteiger partial charge in [-0.2, -0.15) is 22.0 Å². The molecule has 3 fully saturated rings. The number of ether oxygens (including phenoxy) is 1. The second-order valence-corrected chi connectivity index (χ2v) is 12.5. The summed E-state index contributed by atoms with van der Waals surface area (Å²) < 4.78 is 82.1. The van der Waals surface area contributed by atoms with E-state index in [1.165, 1.54) is 11.0 Å². The van der Waals surface area contributed by atoms with Gasteiger partial charge >= 0.3 is 18.2 Å². The molecule has 2 aromatic rings. The Morgan fingerprint density at radius 1 is 1.00 bits per heavy atom. The number of alkyl halides is 5. The van der Waals surface area contributed by atoms with E-state index < -0.39 is 57.9 Å². The van der Waals surface area contributed by atoms with Gasteiger partial charge < -0.3 is 19.0 Å². The van der Waals surface area contributed by atoms with Crippen LogP contribution in [0.15, 0.2) is 22.6 Å². The Kier molecular flexibility index (Phi) is 6.61. The van der Waals surface area contributed by atoms with Crippen molar-refractivity contribution in [2.75, 3.05) is 26.2 Å². The number of carbonyl (C=O) groups is 2. The molecule has 1 aromatic heterocycles. The van der Waals surface area contributed by atoms with Crippen LogP contribution in [0, 0.1) is 10.8 Å². The Morgan fingerprint density at radius 3 is 2.17 bits per heavy atom. The van der Waals surface area contributed by atoms with Crippen LogP contribution < -0.4 is 0 Å². The molecule has 3 heterocycles. The maximum atomic E-state index is 15.3. The molecule has 3 aliphatic rings. The lowest BCUT2D eigenvalue weighted by Crippen LogP contribution is -2.64. The number of halogens is 7. The van der Waals surface area contributed by atoms with Crippen LogP contribution in [-0.2, 0) is 15.5 Å². The van der Waals surface area contributed by atoms with Gasteiger partial charge in [0.05, 0.1) is 16.0 Å². The zero-order valence-electron chi connectivity index (χ0n) is 21.6. The number of hydrogen-bond acceptors (Lipinski definition) is 6. The smallest absolute Gasteiger partial charge is 0.410 e. The third kappa shape index (κ3) is 4.78. The van der Waals surface area contributed by atoms with Crippen molar-refractivity contribution in [3.63, 3.8) is 0 Å². The van der Waals surface area contributed by atoms with E-state index in [9.17, 15) is 22.8 Å². The highest BCUT2D eigenvalue weighted by molar-refractivity contribution is 6.42. The Bertz CT molecular complexity index is 1350. The van der Waals surface area contributed by atoms with Gasteiger partial charge in [-0.25, -0.2) is 4.79 Å². The van der Waals surface area contributed by atoms with Crippen molar-refractivity contribution in [3.8, 4) is 0 Å². The predicted octanol–water partition coefficient (Wildman–Crippen LogP) is 6.02. The number of hydrogen-bond donors (Lipinski definition) is 0. The Labute approximate surface area is 235 Å². The number of amides is 2. The highest BCUT2D eigenvalue weighted by Crippen LogP contribution is 2.60. The number of nitrogens with zero attached hydrogens (tertiary/aromatic N) is 4. The average molecular weight is 611 g/mol. The van der Waals surface area contributed by atoms with E-state index in [-0.39, 0.29) is 55.0 Å². The van der Waals surface area contributed by atoms with Crippen LogP contribution in [0.3, 0.4) is 0 Å². The largest absolute Gasteiger partial charge is 0.444 e. The molecular weight excluding hydrogens is 586 g/mol. The quantitative estimate of drug-likeness (QED) is 0.393. The van der Waals surface area contributed by atoms with Crippen LogP contribution in [0.2, 0.25) is 10.0 Å². The summed E-state index contributed by atoms with van der Waals surface area (Å²) in [5.74, 6) is -6.88. The van der Waals surface area contributed by atoms with E-state index in [4.69, 9.17) is 32.4 Å². The molecule has 2 aliphatic heterocycles. The molecule has 1 aliphatic carbocycles. The summed E-state index contributed by atoms with van der Waals surface area (Å²) in [7, 11) is 0. The van der Waals surface area contributed by atoms with E-state index in [0.717, 1.165) is 17.0 Å². The standard InChI is InChI=1S/C25H25Cl2F5N4O4/c1-21(2,3)40-20(38)35-9-14(22(10-35)11-36(12-22)19(37)23(6-7-23)25(30,31)32)17-33-34-18(39-17)24(28,29)13-4-5-15(26)16(27)8-13/h4-5,8,14H,6-7,9-12H2,1-3H3. The molecule has 8 nitrogen and oxygen atoms in total. The predicted molar refractivity (Wildman–Crippen MR) is 131 cm³/mol. The molecule has 5 rings (SSSR count). The van der Waals surface area contributed by atoms with Gasteiger partial charge in [0.25, 0.3) is 5.89 Å². The van der Waals surface area contributed by atoms with Gasteiger partial charge in [0, 0.05) is 37.2 Å². The molecule has 1 unspecified atom stereocenters. The number of likely N-dealkylation sites (tertiary alicyclic amines) is 2. The van der Waals surface area contributed by atoms with Crippen LogP contribution in [-0.4, -0.2) is 70.0 Å². The molecule has 2 saturated heterocycles. The molecule has 1 aromatic carbocycles. The van der Waals surface area contributed by atoms with Crippen molar-refractivity contribution in [2.24, 2.45) is 10.8 Å². The van der Waals surface area contributed by atoms with E-state index in [2.05, 4.69) is 10.2 Å². The van der Waals surface area contributed by atoms with Gasteiger partial charge in [0.15, 0.2) is 0 Å². The fourth-order valence-electron chi connectivity index (χ4n) is 5.32. The van der Waals surface area contributed by atoms with E-state index in [0.29, 0.717) is 0 Å². The molecule has 40 heavy (non-hydrogen) atoms. The van der Waals surface area contributed by atoms with Crippen molar-refractivity contribution in [1.82, 2.24) is 20.0 Å². The van der Waals surface area contributed by atoms with Crippen molar-refractivity contribution in [3.05, 3.63) is 45.6 Å². The maximum Gasteiger partial charge on any atom is 0.410 e. The topological polar surface area (TPSA) is 88.8 Å². The zero-order valence-corrected chi connectivity index (χ0v) is 23.1. The molecule has 1 spiro atoms. The van der Waals surface area contributed by atoms with Crippen molar-refractivity contribution in [2.45, 2.75) is 57.2 Å². The second kappa shape index (κ2) is 9.17. The lowest BCUT2D eigenvalue weighted by atomic mass is 9.71. The summed E-state index contributed by atoms with van der Waals surface area (Å²) in [5, 5.41) is 7.34. The van der Waals surface area contributed by atoms with Crippen LogP contribution >= 0.6 is 23.2 Å². The zero-order chi connectivity index (χ0) is 29.5. The summed E-state index contributed by atoms with van der Waals surface area (Å²) in [6, 6.07) is 3.23. The van der Waals surface area contributed by atoms with Crippen molar-refractivity contribution in [1.29, 1.82) is 0 Å². The number of aromatic nitrogens is 2. The Balaban J connectivity index is 1.42. The van der Waals surface area contributed by atoms with Gasteiger partial charge in [-0.1, -0.05) is 29.3 Å². The SMILES string of the molecule is CC(C)(C)OC(=O)N1CC(c2nnc(C(F)(F)c3ccc(Cl)c(Cl)c3)o2)C2(C1)CN(C(=O)C1(C(F)(F)F)CC1)C2. The molecule has 0 radical (unpaired) electrons. The van der Waals surface area contributed by atoms with Gasteiger partial charge in [0.1, 0.15) is 11.0 Å². The average Bonchev–Trinajstić information content (AvgIpc) is 3.32. The first-order valence-electron chi connectivity index (χ1n) is 12.4. The summed E-state index contributed by atoms with van der Waals surface area (Å²) >= 11 is 11.7. The number of carbonyl (C=O) groups excluding carboxylic acids is 2. The first-order chi connectivity index (χ1) is 18.4. The molecule has 2 amide bonds. The fraction of sp³-hybridized carbons (Fsp3) is 0.600. The Hall–Kier alpha value is -2.67. The molecule has 15 heteroatoms. The van der Waals surface area contributed by atoms with Crippen molar-refractivity contribution < 1.29 is 40.7 Å². The minimum absolute atomic E-state index is 0.00369. The molecule has 0 N–H and O–H groups in total. The lowest BCUT2D eigenvalue weighted by molar-refractivity contribution is -0.204.